The molecule has 0 unspecified atom stereocenters. The van der Waals surface area contributed by atoms with E-state index in [2.05, 4.69) is 39.5 Å². The first-order chi connectivity index (χ1) is 17.5. The van der Waals surface area contributed by atoms with Crippen molar-refractivity contribution >= 4 is 40.6 Å². The molecule has 1 fully saturated rings. The number of carbonyl (C=O) groups excluding carboxylic acids is 1. The SMILES string of the molecule is O=C(NC1CCN(Cc2ccccc2)CC1)c1ccc2c(=O)n(Cc3ccc(Cl)cc3)c(=S)[nH]c2c1. The molecule has 1 amide bonds. The molecule has 0 atom stereocenters. The van der Waals surface area contributed by atoms with Gasteiger partial charge in [-0.3, -0.25) is 19.1 Å². The molecular formula is C28H27ClN4O2S. The van der Waals surface area contributed by atoms with Crippen LogP contribution in [0.2, 0.25) is 5.02 Å². The first kappa shape index (κ1) is 24.4. The van der Waals surface area contributed by atoms with Crippen LogP contribution in [0.1, 0.15) is 34.3 Å². The van der Waals surface area contributed by atoms with Gasteiger partial charge in [-0.05, 0) is 66.5 Å². The highest BCUT2D eigenvalue weighted by Crippen LogP contribution is 2.17. The van der Waals surface area contributed by atoms with E-state index in [0.717, 1.165) is 38.0 Å². The minimum atomic E-state index is -0.193. The van der Waals surface area contributed by atoms with Crippen LogP contribution in [0, 0.1) is 4.77 Å². The number of carbonyl (C=O) groups is 1. The highest BCUT2D eigenvalue weighted by atomic mass is 35.5. The van der Waals surface area contributed by atoms with Gasteiger partial charge in [-0.15, -0.1) is 0 Å². The molecule has 2 N–H and O–H groups in total. The molecule has 5 rings (SSSR count). The number of aromatic nitrogens is 2. The Morgan fingerprint density at radius 3 is 2.39 bits per heavy atom. The largest absolute Gasteiger partial charge is 0.349 e. The topological polar surface area (TPSA) is 70.1 Å². The monoisotopic (exact) mass is 518 g/mol. The number of nitrogens with one attached hydrogen (secondary N) is 2. The van der Waals surface area contributed by atoms with Crippen LogP contribution < -0.4 is 10.9 Å². The summed E-state index contributed by atoms with van der Waals surface area (Å²) in [5, 5.41) is 4.29. The van der Waals surface area contributed by atoms with E-state index in [9.17, 15) is 9.59 Å². The van der Waals surface area contributed by atoms with Gasteiger partial charge in [0.15, 0.2) is 4.77 Å². The number of nitrogens with zero attached hydrogens (tertiary/aromatic N) is 2. The molecule has 2 heterocycles. The second kappa shape index (κ2) is 10.8. The Hall–Kier alpha value is -3.26. The fourth-order valence-corrected chi connectivity index (χ4v) is 5.04. The Bertz CT molecular complexity index is 1490. The zero-order valence-electron chi connectivity index (χ0n) is 19.7. The van der Waals surface area contributed by atoms with E-state index in [1.165, 1.54) is 10.1 Å². The maximum Gasteiger partial charge on any atom is 0.262 e. The molecule has 4 aromatic rings. The lowest BCUT2D eigenvalue weighted by Gasteiger charge is -2.32. The lowest BCUT2D eigenvalue weighted by atomic mass is 10.0. The van der Waals surface area contributed by atoms with Crippen molar-refractivity contribution in [2.24, 2.45) is 0 Å². The van der Waals surface area contributed by atoms with Crippen molar-refractivity contribution < 1.29 is 4.79 Å². The van der Waals surface area contributed by atoms with E-state index in [-0.39, 0.29) is 17.5 Å². The summed E-state index contributed by atoms with van der Waals surface area (Å²) in [5.41, 5.74) is 3.10. The molecule has 36 heavy (non-hydrogen) atoms. The molecule has 0 bridgehead atoms. The van der Waals surface area contributed by atoms with Crippen molar-refractivity contribution in [2.75, 3.05) is 13.1 Å². The third-order valence-electron chi connectivity index (χ3n) is 6.67. The number of hydrogen-bond acceptors (Lipinski definition) is 4. The first-order valence-electron chi connectivity index (χ1n) is 12.0. The van der Waals surface area contributed by atoms with Crippen LogP contribution in [0.4, 0.5) is 0 Å². The Morgan fingerprint density at radius 1 is 0.972 bits per heavy atom. The summed E-state index contributed by atoms with van der Waals surface area (Å²) < 4.78 is 1.83. The third kappa shape index (κ3) is 5.59. The molecule has 0 aliphatic carbocycles. The van der Waals surface area contributed by atoms with Crippen molar-refractivity contribution in [1.82, 2.24) is 19.8 Å². The normalized spacial score (nSPS) is 14.7. The molecule has 0 saturated carbocycles. The van der Waals surface area contributed by atoms with E-state index < -0.39 is 0 Å². The average Bonchev–Trinajstić information content (AvgIpc) is 2.89. The van der Waals surface area contributed by atoms with E-state index in [0.29, 0.717) is 32.8 Å². The molecule has 1 aliphatic rings. The number of likely N-dealkylation sites (tertiary alicyclic amines) is 1. The van der Waals surface area contributed by atoms with E-state index >= 15 is 0 Å². The van der Waals surface area contributed by atoms with Gasteiger partial charge in [0.2, 0.25) is 0 Å². The highest BCUT2D eigenvalue weighted by Gasteiger charge is 2.21. The smallest absolute Gasteiger partial charge is 0.262 e. The summed E-state index contributed by atoms with van der Waals surface area (Å²) in [7, 11) is 0. The van der Waals surface area contributed by atoms with Crippen LogP contribution in [0.15, 0.2) is 77.6 Å². The van der Waals surface area contributed by atoms with Crippen LogP contribution in [-0.2, 0) is 13.1 Å². The fraction of sp³-hybridized carbons (Fsp3) is 0.250. The number of benzene rings is 3. The summed E-state index contributed by atoms with van der Waals surface area (Å²) in [6.45, 7) is 3.16. The van der Waals surface area contributed by atoms with Crippen molar-refractivity contribution in [3.63, 3.8) is 0 Å². The van der Waals surface area contributed by atoms with E-state index in [1.54, 1.807) is 30.3 Å². The van der Waals surface area contributed by atoms with Crippen molar-refractivity contribution in [3.8, 4) is 0 Å². The molecule has 3 aromatic carbocycles. The van der Waals surface area contributed by atoms with Gasteiger partial charge in [-0.25, -0.2) is 0 Å². The van der Waals surface area contributed by atoms with Crippen molar-refractivity contribution in [1.29, 1.82) is 0 Å². The second-order valence-electron chi connectivity index (χ2n) is 9.22. The molecular weight excluding hydrogens is 492 g/mol. The van der Waals surface area contributed by atoms with Gasteiger partial charge in [-0.1, -0.05) is 54.1 Å². The summed E-state index contributed by atoms with van der Waals surface area (Å²) in [6, 6.07) is 23.0. The Morgan fingerprint density at radius 2 is 1.67 bits per heavy atom. The molecule has 1 aromatic heterocycles. The fourth-order valence-electron chi connectivity index (χ4n) is 4.66. The summed E-state index contributed by atoms with van der Waals surface area (Å²) in [4.78, 5) is 31.6. The minimum absolute atomic E-state index is 0.131. The number of piperidine rings is 1. The Balaban J connectivity index is 1.25. The number of amides is 1. The van der Waals surface area contributed by atoms with Gasteiger partial charge in [-0.2, -0.15) is 0 Å². The van der Waals surface area contributed by atoms with Crippen molar-refractivity contribution in [2.45, 2.75) is 32.0 Å². The quantitative estimate of drug-likeness (QED) is 0.346. The maximum absolute atomic E-state index is 13.1. The molecule has 0 spiro atoms. The predicted molar refractivity (Wildman–Crippen MR) is 146 cm³/mol. The lowest BCUT2D eigenvalue weighted by Crippen LogP contribution is -2.44. The first-order valence-corrected chi connectivity index (χ1v) is 12.8. The molecule has 184 valence electrons. The van der Waals surface area contributed by atoms with E-state index in [4.69, 9.17) is 23.8 Å². The molecule has 8 heteroatoms. The summed E-state index contributed by atoms with van der Waals surface area (Å²) >= 11 is 11.4. The number of H-pyrrole nitrogens is 1. The second-order valence-corrected chi connectivity index (χ2v) is 10.0. The number of hydrogen-bond donors (Lipinski definition) is 2. The number of fused-ring (bicyclic) bond motifs is 1. The zero-order valence-corrected chi connectivity index (χ0v) is 21.3. The Labute approximate surface area is 219 Å². The van der Waals surface area contributed by atoms with Crippen LogP contribution in [-0.4, -0.2) is 39.5 Å². The Kier molecular flexibility index (Phi) is 7.32. The maximum atomic E-state index is 13.1. The van der Waals surface area contributed by atoms with Crippen molar-refractivity contribution in [3.05, 3.63) is 110 Å². The van der Waals surface area contributed by atoms with Crippen LogP contribution >= 0.6 is 23.8 Å². The van der Waals surface area contributed by atoms with E-state index in [1.807, 2.05) is 18.2 Å². The van der Waals surface area contributed by atoms with Gasteiger partial charge < -0.3 is 10.3 Å². The van der Waals surface area contributed by atoms with Gasteiger partial charge in [0.25, 0.3) is 11.5 Å². The predicted octanol–water partition coefficient (Wildman–Crippen LogP) is 5.16. The molecule has 0 radical (unpaired) electrons. The van der Waals surface area contributed by atoms with Gasteiger partial charge in [0.1, 0.15) is 0 Å². The molecule has 6 nitrogen and oxygen atoms in total. The van der Waals surface area contributed by atoms with Gasteiger partial charge >= 0.3 is 0 Å². The highest BCUT2D eigenvalue weighted by molar-refractivity contribution is 7.71. The van der Waals surface area contributed by atoms with Crippen LogP contribution in [0.25, 0.3) is 10.9 Å². The molecule has 1 aliphatic heterocycles. The zero-order chi connectivity index (χ0) is 25.1. The summed E-state index contributed by atoms with van der Waals surface area (Å²) in [5.74, 6) is -0.136. The number of rotatable bonds is 6. The third-order valence-corrected chi connectivity index (χ3v) is 7.24. The minimum Gasteiger partial charge on any atom is -0.349 e. The number of halogens is 1. The molecule has 1 saturated heterocycles. The lowest BCUT2D eigenvalue weighted by molar-refractivity contribution is 0.0909. The standard InChI is InChI=1S/C28H27ClN4O2S/c29-22-9-6-20(7-10-22)18-33-27(35)24-11-8-21(16-25(24)31-28(33)36)26(34)30-23-12-14-32(15-13-23)17-19-4-2-1-3-5-19/h1-11,16,23H,12-15,17-18H2,(H,30,34)(H,31,36). The van der Waals surface area contributed by atoms with Crippen LogP contribution in [0.3, 0.4) is 0 Å². The summed E-state index contributed by atoms with van der Waals surface area (Å²) in [6.07, 6.45) is 1.81. The number of aromatic amines is 1. The average molecular weight is 519 g/mol. The van der Waals surface area contributed by atoms with Gasteiger partial charge in [0.05, 0.1) is 17.4 Å². The van der Waals surface area contributed by atoms with Gasteiger partial charge in [0, 0.05) is 36.3 Å². The van der Waals surface area contributed by atoms with Crippen LogP contribution in [0.5, 0.6) is 0 Å².